The number of fused-ring (bicyclic) bond motifs is 2. The molecule has 0 aromatic heterocycles. The molecule has 2 atom stereocenters. The molecule has 9 heteroatoms. The molecule has 0 spiro atoms. The van der Waals surface area contributed by atoms with E-state index in [-0.39, 0.29) is 82.1 Å². The van der Waals surface area contributed by atoms with Gasteiger partial charge in [-0.3, -0.25) is 4.79 Å². The third-order valence-electron chi connectivity index (χ3n) is 4.67. The Morgan fingerprint density at radius 2 is 1.76 bits per heavy atom. The topological polar surface area (TPSA) is 89.5 Å². The van der Waals surface area contributed by atoms with Crippen LogP contribution in [0.5, 0.6) is 11.5 Å². The van der Waals surface area contributed by atoms with Crippen LogP contribution in [0, 0.1) is 9.49 Å². The Labute approximate surface area is 238 Å². The number of benzene rings is 2. The summed E-state index contributed by atoms with van der Waals surface area (Å²) in [6.45, 7) is 0. The predicted molar refractivity (Wildman–Crippen MR) is 111 cm³/mol. The van der Waals surface area contributed by atoms with Crippen molar-refractivity contribution in [3.05, 3.63) is 78.1 Å². The number of ether oxygens (including phenoxy) is 1. The molecule has 136 valence electrons. The fourth-order valence-electron chi connectivity index (χ4n) is 3.49. The van der Waals surface area contributed by atoms with Gasteiger partial charge in [-0.05, 0) is 62.9 Å². The first-order valence-corrected chi connectivity index (χ1v) is 10.1. The molecule has 2 aliphatic rings. The molecule has 1 aliphatic heterocycles. The van der Waals surface area contributed by atoms with Crippen molar-refractivity contribution in [1.29, 1.82) is 0 Å². The summed E-state index contributed by atoms with van der Waals surface area (Å²) in [7, 11) is 0. The Hall–Kier alpha value is 0.120. The Morgan fingerprint density at radius 3 is 2.45 bits per heavy atom. The minimum absolute atomic E-state index is 0. The number of carbonyl (C=O) groups excluding carboxylic acids is 2. The summed E-state index contributed by atoms with van der Waals surface area (Å²) in [5.74, 6) is -1.65. The number of carbonyl (C=O) groups is 2. The van der Waals surface area contributed by atoms with Gasteiger partial charge in [0.2, 0.25) is 0 Å². The molecule has 0 N–H and O–H groups in total. The molecule has 0 saturated heterocycles. The molecule has 2 unspecified atom stereocenters. The van der Waals surface area contributed by atoms with Crippen molar-refractivity contribution in [3.8, 4) is 11.5 Å². The summed E-state index contributed by atoms with van der Waals surface area (Å²) in [6, 6.07) is 9.74. The van der Waals surface area contributed by atoms with E-state index in [0.717, 1.165) is 0 Å². The number of allylic oxidation sites excluding steroid dienone is 3. The first-order valence-electron chi connectivity index (χ1n) is 7.98. The van der Waals surface area contributed by atoms with Gasteiger partial charge in [-0.1, -0.05) is 36.1 Å². The van der Waals surface area contributed by atoms with Gasteiger partial charge in [0.05, 0.1) is 9.55 Å². The fraction of sp³-hybridized carbons (Fsp3) is 0.100. The molecule has 0 amide bonds. The van der Waals surface area contributed by atoms with Crippen LogP contribution in [0.4, 0.5) is 0 Å². The number of hydrogen-bond donors (Lipinski definition) is 0. The summed E-state index contributed by atoms with van der Waals surface area (Å²) in [4.78, 5) is 23.8. The predicted octanol–water partition coefficient (Wildman–Crippen LogP) is -3.34. The van der Waals surface area contributed by atoms with Gasteiger partial charge in [-0.15, -0.1) is 0 Å². The summed E-state index contributed by atoms with van der Waals surface area (Å²) in [5.41, 5.74) is 1.35. The van der Waals surface area contributed by atoms with E-state index in [4.69, 9.17) is 4.74 Å². The molecule has 0 radical (unpaired) electrons. The van der Waals surface area contributed by atoms with Crippen molar-refractivity contribution >= 4 is 56.9 Å². The van der Waals surface area contributed by atoms with Crippen LogP contribution in [0.1, 0.15) is 27.4 Å². The minimum atomic E-state index is -1.27. The zero-order chi connectivity index (χ0) is 19.3. The zero-order valence-electron chi connectivity index (χ0n) is 15.6. The molecule has 0 saturated carbocycles. The minimum Gasteiger partial charge on any atom is -0.872 e. The Bertz CT molecular complexity index is 1060. The van der Waals surface area contributed by atoms with Gasteiger partial charge in [0.15, 0.2) is 5.78 Å². The van der Waals surface area contributed by atoms with Crippen LogP contribution in [-0.2, 0) is 4.79 Å². The molecule has 4 rings (SSSR count). The summed E-state index contributed by atoms with van der Waals surface area (Å²) in [6.07, 6.45) is 3.20. The maximum Gasteiger partial charge on any atom is 1.00 e. The third-order valence-corrected chi connectivity index (χ3v) is 6.40. The van der Waals surface area contributed by atoms with Crippen LogP contribution >= 0.6 is 45.2 Å². The monoisotopic (exact) mass is 630 g/mol. The van der Waals surface area contributed by atoms with E-state index in [0.29, 0.717) is 29.8 Å². The van der Waals surface area contributed by atoms with Gasteiger partial charge in [0, 0.05) is 32.6 Å². The third kappa shape index (κ3) is 4.82. The van der Waals surface area contributed by atoms with Gasteiger partial charge >= 0.3 is 59.1 Å². The molecule has 2 aromatic carbocycles. The number of hydrogen-bond acceptors (Lipinski definition) is 5. The molecule has 2 aromatic rings. The van der Waals surface area contributed by atoms with Crippen LogP contribution in [0.3, 0.4) is 0 Å². The number of ketones is 1. The average molecular weight is 630 g/mol. The van der Waals surface area contributed by atoms with E-state index in [2.05, 4.69) is 0 Å². The van der Waals surface area contributed by atoms with Crippen molar-refractivity contribution in [2.45, 2.75) is 5.92 Å². The normalized spacial score (nSPS) is 19.3. The molecule has 0 bridgehead atoms. The SMILES string of the molecule is O=C1C=C2Oc3cc([O-])c(I)cc3C(c3ccccc3C(=O)[O-])C2C=C1I.[Na+].[Na+]. The van der Waals surface area contributed by atoms with E-state index < -0.39 is 11.9 Å². The van der Waals surface area contributed by atoms with Crippen LogP contribution in [0.25, 0.3) is 0 Å². The van der Waals surface area contributed by atoms with Gasteiger partial charge < -0.3 is 19.7 Å². The van der Waals surface area contributed by atoms with Crippen molar-refractivity contribution in [2.24, 2.45) is 5.92 Å². The first kappa shape index (κ1) is 25.4. The van der Waals surface area contributed by atoms with Gasteiger partial charge in [0.1, 0.15) is 11.5 Å². The second kappa shape index (κ2) is 10.2. The van der Waals surface area contributed by atoms with E-state index in [1.54, 1.807) is 30.3 Å². The molecule has 0 fully saturated rings. The quantitative estimate of drug-likeness (QED) is 0.256. The molecular formula is C20H10I2Na2O5. The smallest absolute Gasteiger partial charge is 0.872 e. The van der Waals surface area contributed by atoms with Crippen molar-refractivity contribution in [3.63, 3.8) is 0 Å². The number of carboxylic acid groups (broad SMARTS) is 1. The maximum atomic E-state index is 12.1. The van der Waals surface area contributed by atoms with E-state index in [1.807, 2.05) is 45.2 Å². The van der Waals surface area contributed by atoms with Gasteiger partial charge in [0.25, 0.3) is 0 Å². The van der Waals surface area contributed by atoms with E-state index >= 15 is 0 Å². The molecule has 1 aliphatic carbocycles. The van der Waals surface area contributed by atoms with Crippen molar-refractivity contribution in [2.75, 3.05) is 0 Å². The second-order valence-corrected chi connectivity index (χ2v) is 8.55. The van der Waals surface area contributed by atoms with Crippen LogP contribution in [0.2, 0.25) is 0 Å². The Kier molecular flexibility index (Phi) is 8.89. The van der Waals surface area contributed by atoms with Gasteiger partial charge in [-0.2, -0.15) is 0 Å². The van der Waals surface area contributed by atoms with Crippen LogP contribution < -0.4 is 74.1 Å². The summed E-state index contributed by atoms with van der Waals surface area (Å²) >= 11 is 3.92. The van der Waals surface area contributed by atoms with Gasteiger partial charge in [-0.25, -0.2) is 0 Å². The number of rotatable bonds is 2. The Balaban J connectivity index is 0.00000150. The molecule has 1 heterocycles. The molecule has 29 heavy (non-hydrogen) atoms. The van der Waals surface area contributed by atoms with E-state index in [1.165, 1.54) is 18.2 Å². The zero-order valence-corrected chi connectivity index (χ0v) is 23.9. The number of aromatic carboxylic acids is 1. The van der Waals surface area contributed by atoms with E-state index in [9.17, 15) is 19.8 Å². The van der Waals surface area contributed by atoms with Crippen LogP contribution in [-0.4, -0.2) is 11.8 Å². The van der Waals surface area contributed by atoms with Crippen molar-refractivity contribution in [1.82, 2.24) is 0 Å². The standard InChI is InChI=1S/C20H12I2O5.2Na/c21-13-5-11-17(7-15(13)23)27-18-8-16(24)14(22)6-12(18)19(11)9-3-1-2-4-10(9)20(25)26;;/h1-8,11,19,24H,(H,25,26);;/q;2*+1/p-2. The first-order chi connectivity index (χ1) is 12.9. The fourth-order valence-corrected chi connectivity index (χ4v) is 4.53. The number of carboxylic acids is 1. The molecule has 5 nitrogen and oxygen atoms in total. The number of halogens is 2. The maximum absolute atomic E-state index is 12.1. The molecular weight excluding hydrogens is 620 g/mol. The summed E-state index contributed by atoms with van der Waals surface area (Å²) < 4.78 is 6.93. The summed E-state index contributed by atoms with van der Waals surface area (Å²) in [5, 5.41) is 23.8. The average Bonchev–Trinajstić information content (AvgIpc) is 2.63. The van der Waals surface area contributed by atoms with Crippen LogP contribution in [0.15, 0.2) is 57.9 Å². The largest absolute Gasteiger partial charge is 1.00 e. The Morgan fingerprint density at radius 1 is 1.07 bits per heavy atom. The second-order valence-electron chi connectivity index (χ2n) is 6.23. The van der Waals surface area contributed by atoms with Crippen molar-refractivity contribution < 1.29 is 83.7 Å².